The third kappa shape index (κ3) is 1.78. The summed E-state index contributed by atoms with van der Waals surface area (Å²) in [5, 5.41) is 9.66. The summed E-state index contributed by atoms with van der Waals surface area (Å²) in [7, 11) is 1.93. The fourth-order valence-corrected chi connectivity index (χ4v) is 1.84. The van der Waals surface area contributed by atoms with Crippen LogP contribution in [0.15, 0.2) is 48.8 Å². The van der Waals surface area contributed by atoms with Crippen molar-refractivity contribution in [2.45, 2.75) is 0 Å². The predicted molar refractivity (Wildman–Crippen MR) is 68.9 cm³/mol. The van der Waals surface area contributed by atoms with E-state index in [2.05, 4.69) is 4.98 Å². The number of imidazole rings is 1. The van der Waals surface area contributed by atoms with E-state index in [1.165, 1.54) is 0 Å². The number of phenolic OH excluding ortho intramolecular Hbond substituents is 1. The number of aryl methyl sites for hydroxylation is 1. The molecule has 0 saturated heterocycles. The van der Waals surface area contributed by atoms with E-state index < -0.39 is 0 Å². The van der Waals surface area contributed by atoms with Crippen molar-refractivity contribution in [3.05, 3.63) is 48.8 Å². The Kier molecular flexibility index (Phi) is 2.41. The molecule has 3 aromatic rings. The third-order valence-corrected chi connectivity index (χ3v) is 2.79. The highest BCUT2D eigenvalue weighted by Gasteiger charge is 2.05. The number of aromatic nitrogens is 2. The Balaban J connectivity index is 2.00. The molecule has 0 fully saturated rings. The molecule has 0 saturated carbocycles. The topological polar surface area (TPSA) is 47.3 Å². The highest BCUT2D eigenvalue weighted by Crippen LogP contribution is 2.31. The quantitative estimate of drug-likeness (QED) is 0.748. The summed E-state index contributed by atoms with van der Waals surface area (Å²) in [6, 6.07) is 12.5. The standard InChI is InChI=1S/C14H12N2O2/c1-16-9-15-11-7-6-10(8-12(11)16)18-14-5-3-2-4-13(14)17/h2-9,17H,1H3. The maximum absolute atomic E-state index is 9.66. The molecule has 18 heavy (non-hydrogen) atoms. The number of fused-ring (bicyclic) bond motifs is 1. The van der Waals surface area contributed by atoms with Gasteiger partial charge in [-0.05, 0) is 24.3 Å². The number of para-hydroxylation sites is 2. The number of hydrogen-bond donors (Lipinski definition) is 1. The first kappa shape index (κ1) is 10.7. The largest absolute Gasteiger partial charge is 0.504 e. The van der Waals surface area contributed by atoms with Gasteiger partial charge in [0.15, 0.2) is 11.5 Å². The molecular formula is C14H12N2O2. The molecule has 4 heteroatoms. The minimum absolute atomic E-state index is 0.127. The number of nitrogens with zero attached hydrogens (tertiary/aromatic N) is 2. The Morgan fingerprint density at radius 3 is 2.83 bits per heavy atom. The molecule has 0 radical (unpaired) electrons. The second-order valence-electron chi connectivity index (χ2n) is 4.08. The first-order valence-electron chi connectivity index (χ1n) is 5.61. The van der Waals surface area contributed by atoms with Crippen LogP contribution in [0.25, 0.3) is 11.0 Å². The molecule has 1 N–H and O–H groups in total. The van der Waals surface area contributed by atoms with Gasteiger partial charge in [-0.2, -0.15) is 0 Å². The van der Waals surface area contributed by atoms with Crippen LogP contribution < -0.4 is 4.74 Å². The second kappa shape index (κ2) is 4.07. The zero-order valence-electron chi connectivity index (χ0n) is 9.87. The molecule has 0 aliphatic carbocycles. The highest BCUT2D eigenvalue weighted by molar-refractivity contribution is 5.77. The smallest absolute Gasteiger partial charge is 0.169 e. The molecule has 0 spiro atoms. The number of ether oxygens (including phenoxy) is 1. The first-order valence-corrected chi connectivity index (χ1v) is 5.61. The van der Waals surface area contributed by atoms with Crippen LogP contribution in [0.5, 0.6) is 17.2 Å². The SMILES string of the molecule is Cn1cnc2ccc(Oc3ccccc3O)cc21. The molecule has 0 aliphatic rings. The van der Waals surface area contributed by atoms with Crippen molar-refractivity contribution in [3.63, 3.8) is 0 Å². The Labute approximate surface area is 104 Å². The van der Waals surface area contributed by atoms with E-state index >= 15 is 0 Å². The van der Waals surface area contributed by atoms with Gasteiger partial charge in [0.25, 0.3) is 0 Å². The lowest BCUT2D eigenvalue weighted by Crippen LogP contribution is -1.87. The van der Waals surface area contributed by atoms with Gasteiger partial charge in [-0.3, -0.25) is 0 Å². The number of benzene rings is 2. The van der Waals surface area contributed by atoms with Crippen LogP contribution in [0.4, 0.5) is 0 Å². The van der Waals surface area contributed by atoms with Gasteiger partial charge in [0.05, 0.1) is 17.4 Å². The number of aromatic hydroxyl groups is 1. The van der Waals surface area contributed by atoms with Crippen LogP contribution >= 0.6 is 0 Å². The lowest BCUT2D eigenvalue weighted by molar-refractivity contribution is 0.411. The fraction of sp³-hybridized carbons (Fsp3) is 0.0714. The molecule has 1 aromatic heterocycles. The number of phenols is 1. The Morgan fingerprint density at radius 1 is 1.17 bits per heavy atom. The molecule has 0 atom stereocenters. The number of rotatable bonds is 2. The maximum atomic E-state index is 9.66. The summed E-state index contributed by atoms with van der Waals surface area (Å²) in [4.78, 5) is 4.24. The molecular weight excluding hydrogens is 228 g/mol. The van der Waals surface area contributed by atoms with E-state index in [1.54, 1.807) is 24.5 Å². The van der Waals surface area contributed by atoms with Crippen molar-refractivity contribution >= 4 is 11.0 Å². The van der Waals surface area contributed by atoms with E-state index in [4.69, 9.17) is 4.74 Å². The molecule has 0 bridgehead atoms. The normalized spacial score (nSPS) is 10.7. The second-order valence-corrected chi connectivity index (χ2v) is 4.08. The van der Waals surface area contributed by atoms with Gasteiger partial charge in [0.1, 0.15) is 5.75 Å². The van der Waals surface area contributed by atoms with Crippen LogP contribution in [0, 0.1) is 0 Å². The maximum Gasteiger partial charge on any atom is 0.169 e. The van der Waals surface area contributed by atoms with Crippen LogP contribution in [0.2, 0.25) is 0 Å². The molecule has 4 nitrogen and oxygen atoms in total. The zero-order valence-corrected chi connectivity index (χ0v) is 9.87. The summed E-state index contributed by atoms with van der Waals surface area (Å²) < 4.78 is 7.57. The summed E-state index contributed by atoms with van der Waals surface area (Å²) in [6.45, 7) is 0. The van der Waals surface area contributed by atoms with E-state index in [0.717, 1.165) is 11.0 Å². The van der Waals surface area contributed by atoms with Crippen molar-refractivity contribution in [3.8, 4) is 17.2 Å². The van der Waals surface area contributed by atoms with E-state index in [-0.39, 0.29) is 5.75 Å². The molecule has 0 aliphatic heterocycles. The molecule has 1 heterocycles. The summed E-state index contributed by atoms with van der Waals surface area (Å²) in [6.07, 6.45) is 1.76. The number of hydrogen-bond acceptors (Lipinski definition) is 3. The minimum atomic E-state index is 0.127. The van der Waals surface area contributed by atoms with Crippen LogP contribution in [-0.2, 0) is 7.05 Å². The fourth-order valence-electron chi connectivity index (χ4n) is 1.84. The first-order chi connectivity index (χ1) is 8.74. The summed E-state index contributed by atoms with van der Waals surface area (Å²) >= 11 is 0. The van der Waals surface area contributed by atoms with Crippen molar-refractivity contribution in [1.29, 1.82) is 0 Å². The lowest BCUT2D eigenvalue weighted by atomic mass is 10.3. The average Bonchev–Trinajstić information content (AvgIpc) is 2.74. The van der Waals surface area contributed by atoms with Crippen molar-refractivity contribution < 1.29 is 9.84 Å². The average molecular weight is 240 g/mol. The van der Waals surface area contributed by atoms with Crippen molar-refractivity contribution in [1.82, 2.24) is 9.55 Å². The van der Waals surface area contributed by atoms with Crippen LogP contribution in [0.1, 0.15) is 0 Å². The summed E-state index contributed by atoms with van der Waals surface area (Å²) in [5.41, 5.74) is 1.91. The van der Waals surface area contributed by atoms with Gasteiger partial charge < -0.3 is 14.4 Å². The lowest BCUT2D eigenvalue weighted by Gasteiger charge is -2.07. The third-order valence-electron chi connectivity index (χ3n) is 2.79. The molecule has 90 valence electrons. The molecule has 3 rings (SSSR count). The van der Waals surface area contributed by atoms with Crippen LogP contribution in [0.3, 0.4) is 0 Å². The van der Waals surface area contributed by atoms with Gasteiger partial charge in [-0.25, -0.2) is 4.98 Å². The van der Waals surface area contributed by atoms with Crippen molar-refractivity contribution in [2.24, 2.45) is 7.05 Å². The van der Waals surface area contributed by atoms with Gasteiger partial charge in [0.2, 0.25) is 0 Å². The molecule has 0 amide bonds. The zero-order chi connectivity index (χ0) is 12.5. The van der Waals surface area contributed by atoms with E-state index in [1.807, 2.05) is 35.9 Å². The van der Waals surface area contributed by atoms with Gasteiger partial charge in [-0.15, -0.1) is 0 Å². The molecule has 2 aromatic carbocycles. The highest BCUT2D eigenvalue weighted by atomic mass is 16.5. The van der Waals surface area contributed by atoms with Gasteiger partial charge >= 0.3 is 0 Å². The minimum Gasteiger partial charge on any atom is -0.504 e. The molecule has 0 unspecified atom stereocenters. The van der Waals surface area contributed by atoms with Gasteiger partial charge in [0, 0.05) is 13.1 Å². The monoisotopic (exact) mass is 240 g/mol. The predicted octanol–water partition coefficient (Wildman–Crippen LogP) is 3.07. The summed E-state index contributed by atoms with van der Waals surface area (Å²) in [5.74, 6) is 1.24. The van der Waals surface area contributed by atoms with Gasteiger partial charge in [-0.1, -0.05) is 12.1 Å². The Bertz CT molecular complexity index is 704. The van der Waals surface area contributed by atoms with Crippen LogP contribution in [-0.4, -0.2) is 14.7 Å². The van der Waals surface area contributed by atoms with E-state index in [9.17, 15) is 5.11 Å². The Morgan fingerprint density at radius 2 is 2.00 bits per heavy atom. The Hall–Kier alpha value is -2.49. The van der Waals surface area contributed by atoms with Crippen molar-refractivity contribution in [2.75, 3.05) is 0 Å². The van der Waals surface area contributed by atoms with E-state index in [0.29, 0.717) is 11.5 Å².